The van der Waals surface area contributed by atoms with Gasteiger partial charge in [-0.25, -0.2) is 4.98 Å². The highest BCUT2D eigenvalue weighted by Gasteiger charge is 2.15. The third-order valence-corrected chi connectivity index (χ3v) is 3.13. The minimum absolute atomic E-state index is 0.212. The van der Waals surface area contributed by atoms with Gasteiger partial charge < -0.3 is 10.2 Å². The molecule has 15 heavy (non-hydrogen) atoms. The van der Waals surface area contributed by atoms with Crippen molar-refractivity contribution in [3.63, 3.8) is 0 Å². The van der Waals surface area contributed by atoms with Crippen LogP contribution in [0.15, 0.2) is 27.1 Å². The summed E-state index contributed by atoms with van der Waals surface area (Å²) < 4.78 is 6.64. The van der Waals surface area contributed by atoms with Gasteiger partial charge in [0.15, 0.2) is 11.5 Å². The van der Waals surface area contributed by atoms with Crippen molar-refractivity contribution in [3.05, 3.63) is 28.6 Å². The minimum atomic E-state index is 0.212. The molecule has 0 amide bonds. The van der Waals surface area contributed by atoms with Gasteiger partial charge in [0.1, 0.15) is 5.52 Å². The van der Waals surface area contributed by atoms with Crippen molar-refractivity contribution in [1.29, 1.82) is 0 Å². The number of halogens is 1. The van der Waals surface area contributed by atoms with E-state index in [2.05, 4.69) is 27.8 Å². The number of aromatic nitrogens is 1. The van der Waals surface area contributed by atoms with Crippen molar-refractivity contribution in [1.82, 2.24) is 4.98 Å². The predicted molar refractivity (Wildman–Crippen MR) is 63.8 cm³/mol. The molecule has 4 heteroatoms. The summed E-state index contributed by atoms with van der Waals surface area (Å²) in [6.45, 7) is 2.66. The van der Waals surface area contributed by atoms with E-state index in [1.807, 2.05) is 18.2 Å². The Balaban J connectivity index is 2.51. The van der Waals surface area contributed by atoms with E-state index in [1.165, 1.54) is 0 Å². The smallest absolute Gasteiger partial charge is 0.199 e. The number of benzene rings is 1. The number of nitrogens with zero attached hydrogens (tertiary/aromatic N) is 1. The summed E-state index contributed by atoms with van der Waals surface area (Å²) in [7, 11) is 0. The molecule has 2 N–H and O–H groups in total. The molecule has 1 heterocycles. The Morgan fingerprint density at radius 3 is 2.93 bits per heavy atom. The maximum absolute atomic E-state index is 5.70. The number of rotatable bonds is 3. The zero-order valence-corrected chi connectivity index (χ0v) is 10.1. The van der Waals surface area contributed by atoms with E-state index in [-0.39, 0.29) is 5.92 Å². The van der Waals surface area contributed by atoms with Crippen LogP contribution in [0.25, 0.3) is 11.1 Å². The second-order valence-corrected chi connectivity index (χ2v) is 4.34. The monoisotopic (exact) mass is 268 g/mol. The van der Waals surface area contributed by atoms with Crippen LogP contribution >= 0.6 is 15.9 Å². The lowest BCUT2D eigenvalue weighted by atomic mass is 10.1. The molecule has 2 aromatic rings. The second-order valence-electron chi connectivity index (χ2n) is 3.48. The first-order valence-electron chi connectivity index (χ1n) is 5.01. The van der Waals surface area contributed by atoms with Crippen LogP contribution in [0, 0.1) is 0 Å². The van der Waals surface area contributed by atoms with Crippen molar-refractivity contribution in [3.8, 4) is 0 Å². The number of oxazole rings is 1. The van der Waals surface area contributed by atoms with Gasteiger partial charge >= 0.3 is 0 Å². The summed E-state index contributed by atoms with van der Waals surface area (Å²) in [6, 6.07) is 5.83. The molecular formula is C11H13BrN2O. The lowest BCUT2D eigenvalue weighted by molar-refractivity contribution is 0.464. The average molecular weight is 269 g/mol. The van der Waals surface area contributed by atoms with Gasteiger partial charge in [0.05, 0.1) is 4.47 Å². The van der Waals surface area contributed by atoms with Gasteiger partial charge in [-0.2, -0.15) is 0 Å². The fraction of sp³-hybridized carbons (Fsp3) is 0.364. The topological polar surface area (TPSA) is 52.0 Å². The number of para-hydroxylation sites is 1. The molecule has 0 saturated carbocycles. The van der Waals surface area contributed by atoms with E-state index in [0.29, 0.717) is 6.54 Å². The van der Waals surface area contributed by atoms with Gasteiger partial charge in [0, 0.05) is 12.5 Å². The highest BCUT2D eigenvalue weighted by molar-refractivity contribution is 9.10. The van der Waals surface area contributed by atoms with Crippen LogP contribution in [0.2, 0.25) is 0 Å². The summed E-state index contributed by atoms with van der Waals surface area (Å²) in [6.07, 6.45) is 0.945. The zero-order chi connectivity index (χ0) is 10.8. The van der Waals surface area contributed by atoms with Gasteiger partial charge in [0.2, 0.25) is 0 Å². The fourth-order valence-electron chi connectivity index (χ4n) is 1.55. The molecule has 1 aromatic carbocycles. The van der Waals surface area contributed by atoms with Crippen molar-refractivity contribution >= 4 is 27.0 Å². The first-order chi connectivity index (χ1) is 7.26. The first-order valence-corrected chi connectivity index (χ1v) is 5.80. The van der Waals surface area contributed by atoms with E-state index in [4.69, 9.17) is 10.2 Å². The summed E-state index contributed by atoms with van der Waals surface area (Å²) in [5.41, 5.74) is 7.35. The zero-order valence-electron chi connectivity index (χ0n) is 8.53. The first kappa shape index (κ1) is 10.6. The molecule has 0 saturated heterocycles. The Hall–Kier alpha value is -0.870. The predicted octanol–water partition coefficient (Wildman–Crippen LogP) is 3.04. The normalized spacial score (nSPS) is 13.3. The maximum Gasteiger partial charge on any atom is 0.199 e. The third-order valence-electron chi connectivity index (χ3n) is 2.51. The Morgan fingerprint density at radius 1 is 1.53 bits per heavy atom. The number of hydrogen-bond donors (Lipinski definition) is 1. The van der Waals surface area contributed by atoms with Crippen molar-refractivity contribution in [2.75, 3.05) is 6.54 Å². The van der Waals surface area contributed by atoms with E-state index in [0.717, 1.165) is 27.9 Å². The van der Waals surface area contributed by atoms with Crippen LogP contribution in [0.5, 0.6) is 0 Å². The standard InChI is InChI=1S/C11H13BrN2O/c1-2-7(6-13)11-14-9-5-3-4-8(12)10(9)15-11/h3-5,7H,2,6,13H2,1H3. The molecule has 3 nitrogen and oxygen atoms in total. The lowest BCUT2D eigenvalue weighted by Crippen LogP contribution is -2.11. The number of fused-ring (bicyclic) bond motifs is 1. The van der Waals surface area contributed by atoms with Gasteiger partial charge in [0.25, 0.3) is 0 Å². The number of hydrogen-bond acceptors (Lipinski definition) is 3. The third kappa shape index (κ3) is 1.92. The quantitative estimate of drug-likeness (QED) is 0.931. The van der Waals surface area contributed by atoms with E-state index >= 15 is 0 Å². The molecule has 1 aromatic heterocycles. The molecule has 0 aliphatic rings. The summed E-state index contributed by atoms with van der Waals surface area (Å²) in [4.78, 5) is 4.44. The van der Waals surface area contributed by atoms with Crippen LogP contribution in [0.3, 0.4) is 0 Å². The molecule has 2 rings (SSSR count). The largest absolute Gasteiger partial charge is 0.439 e. The highest BCUT2D eigenvalue weighted by atomic mass is 79.9. The van der Waals surface area contributed by atoms with Gasteiger partial charge in [-0.1, -0.05) is 13.0 Å². The van der Waals surface area contributed by atoms with Crippen LogP contribution in [-0.4, -0.2) is 11.5 Å². The minimum Gasteiger partial charge on any atom is -0.439 e. The molecule has 80 valence electrons. The van der Waals surface area contributed by atoms with Crippen molar-refractivity contribution < 1.29 is 4.42 Å². The van der Waals surface area contributed by atoms with Crippen LogP contribution < -0.4 is 5.73 Å². The van der Waals surface area contributed by atoms with Gasteiger partial charge in [-0.15, -0.1) is 0 Å². The molecule has 1 unspecified atom stereocenters. The molecule has 0 bridgehead atoms. The SMILES string of the molecule is CCC(CN)c1nc2cccc(Br)c2o1. The molecule has 0 fully saturated rings. The van der Waals surface area contributed by atoms with Gasteiger partial charge in [-0.05, 0) is 34.5 Å². The molecular weight excluding hydrogens is 256 g/mol. The second kappa shape index (κ2) is 4.33. The Labute approximate surface area is 96.8 Å². The van der Waals surface area contributed by atoms with Crippen molar-refractivity contribution in [2.45, 2.75) is 19.3 Å². The molecule has 0 radical (unpaired) electrons. The number of nitrogens with two attached hydrogens (primary N) is 1. The average Bonchev–Trinajstić information content (AvgIpc) is 2.65. The fourth-order valence-corrected chi connectivity index (χ4v) is 1.99. The summed E-state index contributed by atoms with van der Waals surface area (Å²) in [5, 5.41) is 0. The highest BCUT2D eigenvalue weighted by Crippen LogP contribution is 2.28. The Morgan fingerprint density at radius 2 is 2.33 bits per heavy atom. The Kier molecular flexibility index (Phi) is 3.07. The maximum atomic E-state index is 5.70. The molecule has 1 atom stereocenters. The van der Waals surface area contributed by atoms with Crippen molar-refractivity contribution in [2.24, 2.45) is 5.73 Å². The van der Waals surface area contributed by atoms with Crippen LogP contribution in [0.4, 0.5) is 0 Å². The van der Waals surface area contributed by atoms with E-state index < -0.39 is 0 Å². The molecule has 0 spiro atoms. The Bertz CT molecular complexity index is 463. The van der Waals surface area contributed by atoms with Gasteiger partial charge in [-0.3, -0.25) is 0 Å². The molecule has 0 aliphatic carbocycles. The lowest BCUT2D eigenvalue weighted by Gasteiger charge is -2.05. The molecule has 0 aliphatic heterocycles. The van der Waals surface area contributed by atoms with E-state index in [1.54, 1.807) is 0 Å². The summed E-state index contributed by atoms with van der Waals surface area (Å²) in [5.74, 6) is 0.950. The van der Waals surface area contributed by atoms with Crippen LogP contribution in [-0.2, 0) is 0 Å². The van der Waals surface area contributed by atoms with E-state index in [9.17, 15) is 0 Å². The summed E-state index contributed by atoms with van der Waals surface area (Å²) >= 11 is 3.44. The van der Waals surface area contributed by atoms with Crippen LogP contribution in [0.1, 0.15) is 25.2 Å².